The van der Waals surface area contributed by atoms with Crippen LogP contribution < -0.4 is 5.32 Å². The molecule has 3 N–H and O–H groups in total. The van der Waals surface area contributed by atoms with Crippen LogP contribution in [0.2, 0.25) is 0 Å². The largest absolute Gasteiger partial charge is 0.434 e. The van der Waals surface area contributed by atoms with Gasteiger partial charge in [0, 0.05) is 0 Å². The number of hydrogen-bond donors (Lipinski definition) is 3. The van der Waals surface area contributed by atoms with Crippen LogP contribution in [0.15, 0.2) is 12.4 Å². The second kappa shape index (κ2) is 7.00. The number of aliphatic hydroxyl groups excluding tert-OH is 2. The lowest BCUT2D eigenvalue weighted by molar-refractivity contribution is -0.141. The summed E-state index contributed by atoms with van der Waals surface area (Å²) in [6.45, 7) is 4.09. The zero-order chi connectivity index (χ0) is 17.2. The van der Waals surface area contributed by atoms with E-state index in [1.165, 1.54) is 6.20 Å². The Morgan fingerprint density at radius 3 is 2.52 bits per heavy atom. The number of hydrogen-bond acceptors (Lipinski definition) is 5. The molecule has 3 unspecified atom stereocenters. The second-order valence-electron chi connectivity index (χ2n) is 6.49. The van der Waals surface area contributed by atoms with Gasteiger partial charge < -0.3 is 15.5 Å². The van der Waals surface area contributed by atoms with Gasteiger partial charge in [0.05, 0.1) is 24.5 Å². The van der Waals surface area contributed by atoms with Gasteiger partial charge in [0.15, 0.2) is 5.69 Å². The van der Waals surface area contributed by atoms with Crippen LogP contribution in [0.3, 0.4) is 0 Å². The molecule has 1 heterocycles. The predicted molar refractivity (Wildman–Crippen MR) is 78.6 cm³/mol. The first-order valence-corrected chi connectivity index (χ1v) is 7.70. The SMILES string of the molecule is CC(C)CC1CCC(Nc2cncc(C(F)(F)F)n2)C(O)[C@H]1O. The van der Waals surface area contributed by atoms with E-state index >= 15 is 0 Å². The quantitative estimate of drug-likeness (QED) is 0.789. The van der Waals surface area contributed by atoms with Gasteiger partial charge in [-0.1, -0.05) is 13.8 Å². The number of alkyl halides is 3. The maximum atomic E-state index is 12.6. The highest BCUT2D eigenvalue weighted by atomic mass is 19.4. The zero-order valence-electron chi connectivity index (χ0n) is 13.1. The van der Waals surface area contributed by atoms with E-state index in [1.807, 2.05) is 13.8 Å². The fourth-order valence-electron chi connectivity index (χ4n) is 3.03. The van der Waals surface area contributed by atoms with Gasteiger partial charge in [-0.15, -0.1) is 0 Å². The highest BCUT2D eigenvalue weighted by Gasteiger charge is 2.38. The average molecular weight is 333 g/mol. The van der Waals surface area contributed by atoms with Gasteiger partial charge in [-0.2, -0.15) is 13.2 Å². The van der Waals surface area contributed by atoms with Crippen molar-refractivity contribution in [2.45, 2.75) is 57.5 Å². The van der Waals surface area contributed by atoms with Crippen molar-refractivity contribution in [1.29, 1.82) is 0 Å². The van der Waals surface area contributed by atoms with Crippen molar-refractivity contribution in [2.75, 3.05) is 5.32 Å². The van der Waals surface area contributed by atoms with Crippen LogP contribution in [-0.2, 0) is 6.18 Å². The molecule has 1 fully saturated rings. The Kier molecular flexibility index (Phi) is 5.46. The Bertz CT molecular complexity index is 525. The second-order valence-corrected chi connectivity index (χ2v) is 6.49. The minimum absolute atomic E-state index is 0.00403. The molecule has 2 rings (SSSR count). The van der Waals surface area contributed by atoms with E-state index in [0.717, 1.165) is 6.42 Å². The molecule has 1 aromatic heterocycles. The van der Waals surface area contributed by atoms with Crippen LogP contribution in [0.1, 0.15) is 38.8 Å². The number of halogens is 3. The highest BCUT2D eigenvalue weighted by molar-refractivity contribution is 5.34. The summed E-state index contributed by atoms with van der Waals surface area (Å²) in [5.41, 5.74) is -1.09. The molecule has 0 saturated heterocycles. The van der Waals surface area contributed by atoms with E-state index in [4.69, 9.17) is 0 Å². The third-order valence-electron chi connectivity index (χ3n) is 4.13. The predicted octanol–water partition coefficient (Wildman–Crippen LogP) is 2.45. The fraction of sp³-hybridized carbons (Fsp3) is 0.733. The molecule has 1 aliphatic rings. The smallest absolute Gasteiger partial charge is 0.390 e. The van der Waals surface area contributed by atoms with Gasteiger partial charge in [0.1, 0.15) is 11.9 Å². The maximum absolute atomic E-state index is 12.6. The van der Waals surface area contributed by atoms with Crippen LogP contribution in [0, 0.1) is 11.8 Å². The summed E-state index contributed by atoms with van der Waals surface area (Å²) in [6, 6.07) is -0.550. The monoisotopic (exact) mass is 333 g/mol. The summed E-state index contributed by atoms with van der Waals surface area (Å²) in [5.74, 6) is 0.342. The van der Waals surface area contributed by atoms with Gasteiger partial charge in [-0.05, 0) is 31.1 Å². The molecular formula is C15H22F3N3O2. The van der Waals surface area contributed by atoms with Crippen molar-refractivity contribution in [3.05, 3.63) is 18.1 Å². The van der Waals surface area contributed by atoms with Crippen molar-refractivity contribution in [3.8, 4) is 0 Å². The summed E-state index contributed by atoms with van der Waals surface area (Å²) in [6.07, 6.45) is -2.66. The fourth-order valence-corrected chi connectivity index (χ4v) is 3.03. The van der Waals surface area contributed by atoms with Crippen molar-refractivity contribution in [3.63, 3.8) is 0 Å². The van der Waals surface area contributed by atoms with Crippen molar-refractivity contribution < 1.29 is 23.4 Å². The first-order chi connectivity index (χ1) is 10.7. The van der Waals surface area contributed by atoms with E-state index in [9.17, 15) is 23.4 Å². The molecule has 1 aliphatic carbocycles. The molecule has 23 heavy (non-hydrogen) atoms. The number of aromatic nitrogens is 2. The number of aliphatic hydroxyl groups is 2. The molecular weight excluding hydrogens is 311 g/mol. The summed E-state index contributed by atoms with van der Waals surface area (Å²) in [4.78, 5) is 7.00. The topological polar surface area (TPSA) is 78.3 Å². The molecule has 0 bridgehead atoms. The van der Waals surface area contributed by atoms with Crippen LogP contribution in [0.25, 0.3) is 0 Å². The summed E-state index contributed by atoms with van der Waals surface area (Å²) in [7, 11) is 0. The van der Waals surface area contributed by atoms with Crippen molar-refractivity contribution >= 4 is 5.82 Å². The Morgan fingerprint density at radius 2 is 1.91 bits per heavy atom. The molecule has 0 amide bonds. The standard InChI is InChI=1S/C15H22F3N3O2/c1-8(2)5-9-3-4-10(14(23)13(9)22)20-12-7-19-6-11(21-12)15(16,17)18/h6-10,13-14,22-23H,3-5H2,1-2H3,(H,20,21)/t9?,10?,13-,14?/m0/s1. The lowest BCUT2D eigenvalue weighted by Gasteiger charge is -2.38. The first-order valence-electron chi connectivity index (χ1n) is 7.70. The minimum atomic E-state index is -4.57. The zero-order valence-corrected chi connectivity index (χ0v) is 13.1. The molecule has 0 spiro atoms. The lowest BCUT2D eigenvalue weighted by atomic mass is 9.77. The number of nitrogens with one attached hydrogen (secondary N) is 1. The van der Waals surface area contributed by atoms with E-state index in [1.54, 1.807) is 0 Å². The number of nitrogens with zero attached hydrogens (tertiary/aromatic N) is 2. The number of rotatable bonds is 4. The van der Waals surface area contributed by atoms with Crippen molar-refractivity contribution in [1.82, 2.24) is 9.97 Å². The minimum Gasteiger partial charge on any atom is -0.390 e. The normalized spacial score (nSPS) is 28.9. The third kappa shape index (κ3) is 4.54. The molecule has 1 saturated carbocycles. The molecule has 8 heteroatoms. The van der Waals surface area contributed by atoms with E-state index < -0.39 is 30.1 Å². The molecule has 4 atom stereocenters. The van der Waals surface area contributed by atoms with E-state index in [0.29, 0.717) is 25.0 Å². The third-order valence-corrected chi connectivity index (χ3v) is 4.13. The van der Waals surface area contributed by atoms with Crippen LogP contribution in [0.4, 0.5) is 19.0 Å². The molecule has 1 aromatic rings. The van der Waals surface area contributed by atoms with Crippen LogP contribution in [-0.4, -0.2) is 38.4 Å². The molecule has 0 radical (unpaired) electrons. The summed E-state index contributed by atoms with van der Waals surface area (Å²) < 4.78 is 37.9. The lowest BCUT2D eigenvalue weighted by Crippen LogP contribution is -2.50. The van der Waals surface area contributed by atoms with Crippen LogP contribution >= 0.6 is 0 Å². The first kappa shape index (κ1) is 17.9. The molecule has 0 aromatic carbocycles. The van der Waals surface area contributed by atoms with Gasteiger partial charge in [0.25, 0.3) is 0 Å². The van der Waals surface area contributed by atoms with Crippen LogP contribution in [0.5, 0.6) is 0 Å². The summed E-state index contributed by atoms with van der Waals surface area (Å²) >= 11 is 0. The van der Waals surface area contributed by atoms with Gasteiger partial charge in [-0.3, -0.25) is 4.98 Å². The molecule has 0 aliphatic heterocycles. The van der Waals surface area contributed by atoms with E-state index in [-0.39, 0.29) is 11.7 Å². The number of anilines is 1. The maximum Gasteiger partial charge on any atom is 0.434 e. The molecule has 5 nitrogen and oxygen atoms in total. The summed E-state index contributed by atoms with van der Waals surface area (Å²) in [5, 5.41) is 23.2. The Balaban J connectivity index is 2.04. The van der Waals surface area contributed by atoms with Gasteiger partial charge >= 0.3 is 6.18 Å². The Labute approximate surface area is 133 Å². The molecule has 130 valence electrons. The highest BCUT2D eigenvalue weighted by Crippen LogP contribution is 2.32. The van der Waals surface area contributed by atoms with Gasteiger partial charge in [-0.25, -0.2) is 4.98 Å². The average Bonchev–Trinajstić information content (AvgIpc) is 2.46. The Hall–Kier alpha value is -1.41. The van der Waals surface area contributed by atoms with Crippen molar-refractivity contribution in [2.24, 2.45) is 11.8 Å². The Morgan fingerprint density at radius 1 is 1.22 bits per heavy atom. The van der Waals surface area contributed by atoms with E-state index in [2.05, 4.69) is 15.3 Å². The van der Waals surface area contributed by atoms with Gasteiger partial charge in [0.2, 0.25) is 0 Å².